The van der Waals surface area contributed by atoms with Crippen LogP contribution in [0.5, 0.6) is 0 Å². The molecule has 0 spiro atoms. The van der Waals surface area contributed by atoms with Gasteiger partial charge in [-0.25, -0.2) is 0 Å². The molecule has 6 heteroatoms. The second kappa shape index (κ2) is 7.23. The maximum Gasteiger partial charge on any atom is 0.239 e. The average Bonchev–Trinajstić information content (AvgIpc) is 2.98. The Morgan fingerprint density at radius 1 is 1.29 bits per heavy atom. The third-order valence-corrected chi connectivity index (χ3v) is 2.95. The largest absolute Gasteiger partial charge is 0.467 e. The third-order valence-electron chi connectivity index (χ3n) is 2.95. The van der Waals surface area contributed by atoms with E-state index in [1.165, 1.54) is 18.1 Å². The highest BCUT2D eigenvalue weighted by molar-refractivity contribution is 5.83. The van der Waals surface area contributed by atoms with Crippen LogP contribution in [0.4, 0.5) is 0 Å². The van der Waals surface area contributed by atoms with E-state index in [2.05, 4.69) is 10.3 Å². The Labute approximate surface area is 122 Å². The van der Waals surface area contributed by atoms with Gasteiger partial charge in [0.15, 0.2) is 0 Å². The van der Waals surface area contributed by atoms with Crippen LogP contribution in [0.3, 0.4) is 0 Å². The number of rotatable bonds is 6. The summed E-state index contributed by atoms with van der Waals surface area (Å²) in [5.74, 6) is 0.256. The zero-order valence-electron chi connectivity index (χ0n) is 11.8. The first-order valence-electron chi connectivity index (χ1n) is 6.58. The molecule has 0 aliphatic rings. The van der Waals surface area contributed by atoms with Crippen molar-refractivity contribution in [1.82, 2.24) is 15.2 Å². The maximum absolute atomic E-state index is 11.9. The quantitative estimate of drug-likeness (QED) is 0.870. The number of carbonyl (C=O) groups excluding carboxylic acids is 2. The van der Waals surface area contributed by atoms with Crippen LogP contribution >= 0.6 is 0 Å². The van der Waals surface area contributed by atoms with E-state index in [1.54, 1.807) is 24.5 Å². The van der Waals surface area contributed by atoms with Gasteiger partial charge in [-0.2, -0.15) is 0 Å². The van der Waals surface area contributed by atoms with E-state index in [9.17, 15) is 9.59 Å². The molecule has 110 valence electrons. The third kappa shape index (κ3) is 4.76. The highest BCUT2D eigenvalue weighted by Gasteiger charge is 2.15. The van der Waals surface area contributed by atoms with Gasteiger partial charge >= 0.3 is 0 Å². The molecule has 0 atom stereocenters. The number of aromatic nitrogens is 1. The molecule has 0 aromatic carbocycles. The van der Waals surface area contributed by atoms with Crippen LogP contribution < -0.4 is 5.32 Å². The minimum Gasteiger partial charge on any atom is -0.467 e. The van der Waals surface area contributed by atoms with Gasteiger partial charge in [-0.3, -0.25) is 14.6 Å². The summed E-state index contributed by atoms with van der Waals surface area (Å²) in [4.78, 5) is 28.8. The SMILES string of the molecule is CC(=O)N(CC(=O)NCc1ccncc1)Cc1ccco1. The number of furan rings is 1. The van der Waals surface area contributed by atoms with Crippen molar-refractivity contribution in [3.63, 3.8) is 0 Å². The molecule has 0 radical (unpaired) electrons. The van der Waals surface area contributed by atoms with E-state index in [-0.39, 0.29) is 24.9 Å². The summed E-state index contributed by atoms with van der Waals surface area (Å²) in [5.41, 5.74) is 0.957. The Morgan fingerprint density at radius 2 is 2.05 bits per heavy atom. The predicted molar refractivity (Wildman–Crippen MR) is 75.9 cm³/mol. The van der Waals surface area contributed by atoms with Crippen LogP contribution in [-0.2, 0) is 22.7 Å². The summed E-state index contributed by atoms with van der Waals surface area (Å²) in [6, 6.07) is 7.17. The van der Waals surface area contributed by atoms with Crippen molar-refractivity contribution < 1.29 is 14.0 Å². The Bertz CT molecular complexity index is 581. The van der Waals surface area contributed by atoms with E-state index in [1.807, 2.05) is 12.1 Å². The van der Waals surface area contributed by atoms with E-state index in [0.717, 1.165) is 5.56 Å². The molecular weight excluding hydrogens is 270 g/mol. The van der Waals surface area contributed by atoms with Gasteiger partial charge in [0.1, 0.15) is 5.76 Å². The van der Waals surface area contributed by atoms with Crippen LogP contribution in [0.25, 0.3) is 0 Å². The van der Waals surface area contributed by atoms with Gasteiger partial charge in [-0.15, -0.1) is 0 Å². The molecule has 2 amide bonds. The summed E-state index contributed by atoms with van der Waals surface area (Å²) >= 11 is 0. The van der Waals surface area contributed by atoms with Gasteiger partial charge in [0.25, 0.3) is 0 Å². The van der Waals surface area contributed by atoms with Crippen LogP contribution in [0.15, 0.2) is 47.3 Å². The van der Waals surface area contributed by atoms with Crippen LogP contribution in [-0.4, -0.2) is 28.2 Å². The zero-order chi connectivity index (χ0) is 15.1. The molecule has 2 heterocycles. The Kier molecular flexibility index (Phi) is 5.09. The average molecular weight is 287 g/mol. The molecule has 2 rings (SSSR count). The van der Waals surface area contributed by atoms with Crippen LogP contribution in [0.2, 0.25) is 0 Å². The fraction of sp³-hybridized carbons (Fsp3) is 0.267. The zero-order valence-corrected chi connectivity index (χ0v) is 11.8. The topological polar surface area (TPSA) is 75.4 Å². The highest BCUT2D eigenvalue weighted by Crippen LogP contribution is 2.05. The molecule has 0 aliphatic heterocycles. The van der Waals surface area contributed by atoms with Crippen molar-refractivity contribution >= 4 is 11.8 Å². The number of hydrogen-bond donors (Lipinski definition) is 1. The number of amides is 2. The molecule has 6 nitrogen and oxygen atoms in total. The van der Waals surface area contributed by atoms with Gasteiger partial charge in [0, 0.05) is 25.9 Å². The van der Waals surface area contributed by atoms with E-state index in [4.69, 9.17) is 4.42 Å². The van der Waals surface area contributed by atoms with E-state index < -0.39 is 0 Å². The van der Waals surface area contributed by atoms with Crippen LogP contribution in [0.1, 0.15) is 18.2 Å². The lowest BCUT2D eigenvalue weighted by Crippen LogP contribution is -2.39. The van der Waals surface area contributed by atoms with Crippen molar-refractivity contribution in [2.45, 2.75) is 20.0 Å². The molecular formula is C15H17N3O3. The first-order valence-corrected chi connectivity index (χ1v) is 6.58. The Morgan fingerprint density at radius 3 is 2.67 bits per heavy atom. The lowest BCUT2D eigenvalue weighted by atomic mass is 10.2. The van der Waals surface area contributed by atoms with Crippen molar-refractivity contribution in [2.24, 2.45) is 0 Å². The second-order valence-electron chi connectivity index (χ2n) is 4.59. The van der Waals surface area contributed by atoms with Crippen molar-refractivity contribution in [3.05, 3.63) is 54.2 Å². The van der Waals surface area contributed by atoms with Gasteiger partial charge in [0.05, 0.1) is 19.4 Å². The molecule has 0 saturated carbocycles. The maximum atomic E-state index is 11.9. The second-order valence-corrected chi connectivity index (χ2v) is 4.59. The summed E-state index contributed by atoms with van der Waals surface area (Å²) in [5, 5.41) is 2.77. The Hall–Kier alpha value is -2.63. The molecule has 0 aliphatic carbocycles. The summed E-state index contributed by atoms with van der Waals surface area (Å²) in [6.45, 7) is 2.12. The van der Waals surface area contributed by atoms with Crippen molar-refractivity contribution in [1.29, 1.82) is 0 Å². The van der Waals surface area contributed by atoms with Gasteiger partial charge < -0.3 is 14.6 Å². The van der Waals surface area contributed by atoms with Gasteiger partial charge in [0.2, 0.25) is 11.8 Å². The Balaban J connectivity index is 1.85. The molecule has 0 saturated heterocycles. The van der Waals surface area contributed by atoms with E-state index >= 15 is 0 Å². The van der Waals surface area contributed by atoms with Gasteiger partial charge in [-0.05, 0) is 29.8 Å². The number of nitrogens with one attached hydrogen (secondary N) is 1. The lowest BCUT2D eigenvalue weighted by Gasteiger charge is -2.19. The smallest absolute Gasteiger partial charge is 0.239 e. The van der Waals surface area contributed by atoms with E-state index in [0.29, 0.717) is 12.3 Å². The number of pyridine rings is 1. The molecule has 1 N–H and O–H groups in total. The fourth-order valence-corrected chi connectivity index (χ4v) is 1.80. The molecule has 0 unspecified atom stereocenters. The first kappa shape index (κ1) is 14.8. The minimum atomic E-state index is -0.214. The summed E-state index contributed by atoms with van der Waals surface area (Å²) in [7, 11) is 0. The van der Waals surface area contributed by atoms with Crippen molar-refractivity contribution in [2.75, 3.05) is 6.54 Å². The molecule has 0 fully saturated rings. The van der Waals surface area contributed by atoms with Crippen LogP contribution in [0, 0.1) is 0 Å². The fourth-order valence-electron chi connectivity index (χ4n) is 1.80. The highest BCUT2D eigenvalue weighted by atomic mass is 16.3. The lowest BCUT2D eigenvalue weighted by molar-refractivity contribution is -0.135. The number of nitrogens with zero attached hydrogens (tertiary/aromatic N) is 2. The standard InChI is InChI=1S/C15H17N3O3/c1-12(19)18(10-14-3-2-8-21-14)11-15(20)17-9-13-4-6-16-7-5-13/h2-8H,9-11H2,1H3,(H,17,20). The first-order chi connectivity index (χ1) is 10.1. The normalized spacial score (nSPS) is 10.1. The van der Waals surface area contributed by atoms with Gasteiger partial charge in [-0.1, -0.05) is 0 Å². The number of hydrogen-bond acceptors (Lipinski definition) is 4. The molecule has 2 aromatic rings. The summed E-state index contributed by atoms with van der Waals surface area (Å²) < 4.78 is 5.19. The summed E-state index contributed by atoms with van der Waals surface area (Å²) in [6.07, 6.45) is 4.87. The number of carbonyl (C=O) groups is 2. The van der Waals surface area contributed by atoms with Crippen molar-refractivity contribution in [3.8, 4) is 0 Å². The molecule has 0 bridgehead atoms. The predicted octanol–water partition coefficient (Wildman–Crippen LogP) is 1.34. The molecule has 2 aromatic heterocycles. The minimum absolute atomic E-state index is 0.00111. The monoisotopic (exact) mass is 287 g/mol. The molecule has 21 heavy (non-hydrogen) atoms.